The van der Waals surface area contributed by atoms with E-state index in [0.717, 1.165) is 37.0 Å². The van der Waals surface area contributed by atoms with E-state index < -0.39 is 0 Å². The smallest absolute Gasteiger partial charge is 0.251 e. The number of ketones is 1. The minimum atomic E-state index is -0.0398. The van der Waals surface area contributed by atoms with Crippen LogP contribution in [0.5, 0.6) is 5.75 Å². The molecular formula is C26H30N2O4. The van der Waals surface area contributed by atoms with Crippen molar-refractivity contribution in [2.24, 2.45) is 0 Å². The predicted molar refractivity (Wildman–Crippen MR) is 122 cm³/mol. The highest BCUT2D eigenvalue weighted by Gasteiger charge is 2.32. The lowest BCUT2D eigenvalue weighted by Crippen LogP contribution is -2.32. The van der Waals surface area contributed by atoms with Crippen LogP contribution in [0.2, 0.25) is 0 Å². The molecule has 6 nitrogen and oxygen atoms in total. The van der Waals surface area contributed by atoms with Crippen LogP contribution in [0.4, 0.5) is 0 Å². The molecule has 1 N–H and O–H groups in total. The van der Waals surface area contributed by atoms with Crippen LogP contribution >= 0.6 is 0 Å². The van der Waals surface area contributed by atoms with Crippen molar-refractivity contribution in [3.05, 3.63) is 65.2 Å². The normalized spacial score (nSPS) is 15.2. The number of nitrogens with zero attached hydrogens (tertiary/aromatic N) is 1. The Morgan fingerprint density at radius 1 is 0.906 bits per heavy atom. The van der Waals surface area contributed by atoms with Gasteiger partial charge in [-0.1, -0.05) is 12.1 Å². The second kappa shape index (κ2) is 9.98. The number of benzene rings is 2. The first kappa shape index (κ1) is 22.1. The highest BCUT2D eigenvalue weighted by molar-refractivity contribution is 5.98. The second-order valence-corrected chi connectivity index (χ2v) is 8.58. The van der Waals surface area contributed by atoms with E-state index in [1.165, 1.54) is 0 Å². The molecule has 0 saturated heterocycles. The Morgan fingerprint density at radius 3 is 2.16 bits per heavy atom. The summed E-state index contributed by atoms with van der Waals surface area (Å²) in [7, 11) is 0. The molecular weight excluding hydrogens is 404 g/mol. The van der Waals surface area contributed by atoms with Crippen LogP contribution in [-0.2, 0) is 11.3 Å². The van der Waals surface area contributed by atoms with Crippen LogP contribution in [0.1, 0.15) is 71.7 Å². The van der Waals surface area contributed by atoms with Gasteiger partial charge in [-0.25, -0.2) is 0 Å². The molecule has 0 bridgehead atoms. The molecule has 4 rings (SSSR count). The molecule has 0 aliphatic heterocycles. The van der Waals surface area contributed by atoms with Crippen LogP contribution in [0.25, 0.3) is 0 Å². The van der Waals surface area contributed by atoms with Crippen LogP contribution in [-0.4, -0.2) is 41.2 Å². The number of Topliss-reactive ketones (excluding diaryl/α,β-unsaturated/α-hetero) is 1. The molecule has 2 aliphatic carbocycles. The summed E-state index contributed by atoms with van der Waals surface area (Å²) in [6.45, 7) is 3.00. The number of rotatable bonds is 11. The molecule has 2 amide bonds. The number of nitrogens with one attached hydrogen (secondary N) is 1. The summed E-state index contributed by atoms with van der Waals surface area (Å²) in [5.41, 5.74) is 2.23. The van der Waals surface area contributed by atoms with Gasteiger partial charge < -0.3 is 15.0 Å². The third-order valence-electron chi connectivity index (χ3n) is 5.84. The highest BCUT2D eigenvalue weighted by Crippen LogP contribution is 2.29. The third-order valence-corrected chi connectivity index (χ3v) is 5.84. The van der Waals surface area contributed by atoms with E-state index in [2.05, 4.69) is 5.32 Å². The molecule has 0 spiro atoms. The summed E-state index contributed by atoms with van der Waals surface area (Å²) in [6.07, 6.45) is 4.51. The maximum absolute atomic E-state index is 12.9. The molecule has 2 aromatic rings. The molecule has 6 heteroatoms. The van der Waals surface area contributed by atoms with Gasteiger partial charge in [-0.2, -0.15) is 0 Å². The van der Waals surface area contributed by atoms with Gasteiger partial charge >= 0.3 is 0 Å². The van der Waals surface area contributed by atoms with Crippen molar-refractivity contribution < 1.29 is 19.1 Å². The van der Waals surface area contributed by atoms with Crippen molar-refractivity contribution in [1.29, 1.82) is 0 Å². The Bertz CT molecular complexity index is 960. The second-order valence-electron chi connectivity index (χ2n) is 8.58. The molecule has 0 atom stereocenters. The van der Waals surface area contributed by atoms with Crippen molar-refractivity contribution in [2.45, 2.75) is 64.1 Å². The van der Waals surface area contributed by atoms with Crippen LogP contribution < -0.4 is 10.1 Å². The first-order valence-corrected chi connectivity index (χ1v) is 11.5. The van der Waals surface area contributed by atoms with Crippen molar-refractivity contribution in [1.82, 2.24) is 10.2 Å². The zero-order valence-corrected chi connectivity index (χ0v) is 18.5. The van der Waals surface area contributed by atoms with E-state index in [1.54, 1.807) is 24.3 Å². The van der Waals surface area contributed by atoms with Crippen molar-refractivity contribution >= 4 is 17.6 Å². The predicted octanol–water partition coefficient (Wildman–Crippen LogP) is 4.13. The lowest BCUT2D eigenvalue weighted by Gasteiger charge is -2.22. The Kier molecular flexibility index (Phi) is 6.88. The molecule has 2 aliphatic rings. The lowest BCUT2D eigenvalue weighted by atomic mass is 10.1. The van der Waals surface area contributed by atoms with E-state index in [-0.39, 0.29) is 36.5 Å². The fourth-order valence-electron chi connectivity index (χ4n) is 3.67. The molecule has 168 valence electrons. The van der Waals surface area contributed by atoms with E-state index in [4.69, 9.17) is 4.74 Å². The van der Waals surface area contributed by atoms with Crippen LogP contribution in [0.3, 0.4) is 0 Å². The summed E-state index contributed by atoms with van der Waals surface area (Å²) >= 11 is 0. The Morgan fingerprint density at radius 2 is 1.56 bits per heavy atom. The molecule has 2 saturated carbocycles. The van der Waals surface area contributed by atoms with Crippen molar-refractivity contribution in [3.63, 3.8) is 0 Å². The molecule has 0 radical (unpaired) electrons. The summed E-state index contributed by atoms with van der Waals surface area (Å²) in [6, 6.07) is 15.1. The number of amides is 2. The molecule has 0 unspecified atom stereocenters. The molecule has 2 fully saturated rings. The van der Waals surface area contributed by atoms with Gasteiger partial charge in [0.15, 0.2) is 5.78 Å². The number of hydrogen-bond acceptors (Lipinski definition) is 4. The fraction of sp³-hybridized carbons (Fsp3) is 0.423. The average molecular weight is 435 g/mol. The quantitative estimate of drug-likeness (QED) is 0.540. The maximum Gasteiger partial charge on any atom is 0.251 e. The largest absolute Gasteiger partial charge is 0.494 e. The zero-order chi connectivity index (χ0) is 22.5. The van der Waals surface area contributed by atoms with Gasteiger partial charge in [0.2, 0.25) is 5.91 Å². The van der Waals surface area contributed by atoms with Gasteiger partial charge in [0, 0.05) is 42.6 Å². The summed E-state index contributed by atoms with van der Waals surface area (Å²) in [5.74, 6) is 0.656. The van der Waals surface area contributed by atoms with Crippen LogP contribution in [0, 0.1) is 0 Å². The third kappa shape index (κ3) is 5.96. The number of carbonyl (C=O) groups is 3. The SMILES string of the molecule is CCOc1ccc(C(=O)CCC(=O)N(Cc2ccc(C(=O)NC3CC3)cc2)C2CC2)cc1. The Labute approximate surface area is 188 Å². The fourth-order valence-corrected chi connectivity index (χ4v) is 3.67. The standard InChI is InChI=1S/C26H30N2O4/c1-2-32-23-13-7-19(8-14-23)24(29)15-16-25(30)28(22-11-12-22)17-18-3-5-20(6-4-18)26(31)27-21-9-10-21/h3-8,13-14,21-22H,2,9-12,15-17H2,1H3,(H,27,31). The first-order valence-electron chi connectivity index (χ1n) is 11.5. The van der Waals surface area contributed by atoms with E-state index in [0.29, 0.717) is 30.3 Å². The number of ether oxygens (including phenoxy) is 1. The number of carbonyl (C=O) groups excluding carboxylic acids is 3. The van der Waals surface area contributed by atoms with Gasteiger partial charge in [0.25, 0.3) is 5.91 Å². The van der Waals surface area contributed by atoms with Crippen molar-refractivity contribution in [2.75, 3.05) is 6.61 Å². The monoisotopic (exact) mass is 434 g/mol. The van der Waals surface area contributed by atoms with Gasteiger partial charge in [-0.05, 0) is 74.6 Å². The minimum absolute atomic E-state index is 0.00217. The zero-order valence-electron chi connectivity index (χ0n) is 18.5. The molecule has 32 heavy (non-hydrogen) atoms. The maximum atomic E-state index is 12.9. The Balaban J connectivity index is 1.30. The summed E-state index contributed by atoms with van der Waals surface area (Å²) in [4.78, 5) is 39.5. The summed E-state index contributed by atoms with van der Waals surface area (Å²) in [5, 5.41) is 2.98. The van der Waals surface area contributed by atoms with Crippen molar-refractivity contribution in [3.8, 4) is 5.75 Å². The van der Waals surface area contributed by atoms with Gasteiger partial charge in [-0.15, -0.1) is 0 Å². The van der Waals surface area contributed by atoms with Crippen LogP contribution in [0.15, 0.2) is 48.5 Å². The Hall–Kier alpha value is -3.15. The highest BCUT2D eigenvalue weighted by atomic mass is 16.5. The van der Waals surface area contributed by atoms with Gasteiger partial charge in [0.05, 0.1) is 6.61 Å². The average Bonchev–Trinajstić information content (AvgIpc) is 3.72. The summed E-state index contributed by atoms with van der Waals surface area (Å²) < 4.78 is 5.41. The van der Waals surface area contributed by atoms with E-state index in [9.17, 15) is 14.4 Å². The topological polar surface area (TPSA) is 75.7 Å². The van der Waals surface area contributed by atoms with Gasteiger partial charge in [0.1, 0.15) is 5.75 Å². The number of hydrogen-bond donors (Lipinski definition) is 1. The molecule has 2 aromatic carbocycles. The van der Waals surface area contributed by atoms with E-state index >= 15 is 0 Å². The van der Waals surface area contributed by atoms with Gasteiger partial charge in [-0.3, -0.25) is 14.4 Å². The molecule has 0 aromatic heterocycles. The van der Waals surface area contributed by atoms with E-state index in [1.807, 2.05) is 36.1 Å². The minimum Gasteiger partial charge on any atom is -0.494 e. The molecule has 0 heterocycles. The first-order chi connectivity index (χ1) is 15.5. The lowest BCUT2D eigenvalue weighted by molar-refractivity contribution is -0.132.